The van der Waals surface area contributed by atoms with E-state index >= 15 is 0 Å². The Bertz CT molecular complexity index is 159. The number of carboxylic acid groups (broad SMARTS) is 1. The van der Waals surface area contributed by atoms with E-state index in [-0.39, 0.29) is 0 Å². The van der Waals surface area contributed by atoms with Crippen molar-refractivity contribution in [3.63, 3.8) is 0 Å². The van der Waals surface area contributed by atoms with E-state index in [1.807, 2.05) is 6.92 Å². The van der Waals surface area contributed by atoms with Crippen LogP contribution in [0.15, 0.2) is 0 Å². The van der Waals surface area contributed by atoms with Crippen LogP contribution in [0.2, 0.25) is 0 Å². The summed E-state index contributed by atoms with van der Waals surface area (Å²) in [5, 5.41) is 13.0. The zero-order valence-corrected chi connectivity index (χ0v) is 7.53. The summed E-state index contributed by atoms with van der Waals surface area (Å²) in [4.78, 5) is 10.9. The van der Waals surface area contributed by atoms with Gasteiger partial charge in [-0.2, -0.15) is 0 Å². The minimum atomic E-state index is -1.09. The first-order valence-electron chi connectivity index (χ1n) is 3.56. The predicted molar refractivity (Wildman–Crippen MR) is 45.1 cm³/mol. The van der Waals surface area contributed by atoms with E-state index in [4.69, 9.17) is 12.2 Å². The van der Waals surface area contributed by atoms with E-state index < -0.39 is 12.0 Å². The second-order valence-electron chi connectivity index (χ2n) is 2.36. The normalized spacial score (nSPS) is 12.2. The summed E-state index contributed by atoms with van der Waals surface area (Å²) < 4.78 is 0. The van der Waals surface area contributed by atoms with Gasteiger partial charge in [0.15, 0.2) is 0 Å². The molecule has 0 bridgehead atoms. The molecular formula is C7H12NO2S-. The fraction of sp³-hybridized carbons (Fsp3) is 0.714. The van der Waals surface area contributed by atoms with Gasteiger partial charge < -0.3 is 15.2 Å². The zero-order chi connectivity index (χ0) is 8.85. The Hall–Kier alpha value is -0.640. The number of hydrogen-bond donors (Lipinski definition) is 1. The van der Waals surface area contributed by atoms with Gasteiger partial charge >= 0.3 is 0 Å². The number of thiocarbonyl (C=S) groups is 1. The van der Waals surface area contributed by atoms with Crippen molar-refractivity contribution in [2.24, 2.45) is 0 Å². The zero-order valence-electron chi connectivity index (χ0n) is 6.72. The lowest BCUT2D eigenvalue weighted by molar-refractivity contribution is -0.308. The topological polar surface area (TPSA) is 52.2 Å². The Morgan fingerprint density at radius 1 is 1.73 bits per heavy atom. The molecule has 11 heavy (non-hydrogen) atoms. The van der Waals surface area contributed by atoms with Gasteiger partial charge in [-0.25, -0.2) is 0 Å². The maximum Gasteiger partial charge on any atom is 0.0727 e. The Labute approximate surface area is 71.8 Å². The first-order valence-corrected chi connectivity index (χ1v) is 3.96. The van der Waals surface area contributed by atoms with E-state index in [0.717, 1.165) is 6.42 Å². The van der Waals surface area contributed by atoms with Crippen LogP contribution in [0.1, 0.15) is 26.7 Å². The summed E-state index contributed by atoms with van der Waals surface area (Å²) in [6, 6.07) is -0.627. The van der Waals surface area contributed by atoms with Crippen molar-refractivity contribution in [1.29, 1.82) is 0 Å². The largest absolute Gasteiger partial charge is 0.548 e. The predicted octanol–water partition coefficient (Wildman–Crippen LogP) is -0.158. The third-order valence-corrected chi connectivity index (χ3v) is 1.36. The molecule has 0 spiro atoms. The number of carbonyl (C=O) groups excluding carboxylic acids is 1. The summed E-state index contributed by atoms with van der Waals surface area (Å²) in [7, 11) is 0. The Balaban J connectivity index is 3.89. The van der Waals surface area contributed by atoms with Gasteiger partial charge in [-0.1, -0.05) is 25.6 Å². The Morgan fingerprint density at radius 3 is 2.55 bits per heavy atom. The lowest BCUT2D eigenvalue weighted by Crippen LogP contribution is -2.46. The monoisotopic (exact) mass is 174 g/mol. The van der Waals surface area contributed by atoms with Crippen LogP contribution in [-0.4, -0.2) is 17.0 Å². The molecule has 4 heteroatoms. The highest BCUT2D eigenvalue weighted by Crippen LogP contribution is 1.95. The van der Waals surface area contributed by atoms with Crippen molar-refractivity contribution in [3.8, 4) is 0 Å². The molecule has 0 saturated carbocycles. The second kappa shape index (κ2) is 5.07. The number of carbonyl (C=O) groups is 1. The maximum atomic E-state index is 10.4. The van der Waals surface area contributed by atoms with Gasteiger partial charge in [0.25, 0.3) is 0 Å². The summed E-state index contributed by atoms with van der Waals surface area (Å²) in [5.41, 5.74) is 0. The number of aliphatic carboxylic acids is 1. The van der Waals surface area contributed by atoms with E-state index in [0.29, 0.717) is 11.4 Å². The molecule has 64 valence electrons. The molecular weight excluding hydrogens is 162 g/mol. The summed E-state index contributed by atoms with van der Waals surface area (Å²) in [6.07, 6.45) is 1.35. The average Bonchev–Trinajstić information content (AvgIpc) is 1.86. The van der Waals surface area contributed by atoms with Crippen LogP contribution in [-0.2, 0) is 4.79 Å². The van der Waals surface area contributed by atoms with E-state index in [2.05, 4.69) is 5.32 Å². The number of hydrogen-bond acceptors (Lipinski definition) is 3. The van der Waals surface area contributed by atoms with Crippen LogP contribution in [0, 0.1) is 0 Å². The first kappa shape index (κ1) is 10.4. The van der Waals surface area contributed by atoms with Gasteiger partial charge in [0, 0.05) is 0 Å². The SMILES string of the molecule is CCCC(NC(C)=S)C(=O)[O-]. The highest BCUT2D eigenvalue weighted by atomic mass is 32.1. The summed E-state index contributed by atoms with van der Waals surface area (Å²) in [6.45, 7) is 3.57. The van der Waals surface area contributed by atoms with Crippen molar-refractivity contribution < 1.29 is 9.90 Å². The standard InChI is InChI=1S/C7H13NO2S/c1-3-4-6(7(9)10)8-5(2)11/h6H,3-4H2,1-2H3,(H,8,11)(H,9,10)/p-1. The molecule has 0 saturated heterocycles. The van der Waals surface area contributed by atoms with Crippen molar-refractivity contribution in [3.05, 3.63) is 0 Å². The molecule has 0 aromatic rings. The van der Waals surface area contributed by atoms with Gasteiger partial charge in [-0.15, -0.1) is 0 Å². The number of nitrogens with one attached hydrogen (secondary N) is 1. The average molecular weight is 174 g/mol. The molecule has 1 unspecified atom stereocenters. The van der Waals surface area contributed by atoms with E-state index in [9.17, 15) is 9.90 Å². The molecule has 0 aliphatic carbocycles. The molecule has 0 aliphatic rings. The lowest BCUT2D eigenvalue weighted by atomic mass is 10.2. The minimum Gasteiger partial charge on any atom is -0.548 e. The molecule has 0 aliphatic heterocycles. The highest BCUT2D eigenvalue weighted by Gasteiger charge is 2.06. The smallest absolute Gasteiger partial charge is 0.0727 e. The minimum absolute atomic E-state index is 0.493. The van der Waals surface area contributed by atoms with E-state index in [1.165, 1.54) is 0 Å². The molecule has 0 aromatic carbocycles. The molecule has 0 aromatic heterocycles. The van der Waals surface area contributed by atoms with Crippen LogP contribution >= 0.6 is 12.2 Å². The van der Waals surface area contributed by atoms with Crippen LogP contribution in [0.5, 0.6) is 0 Å². The third kappa shape index (κ3) is 4.72. The van der Waals surface area contributed by atoms with Crippen molar-refractivity contribution >= 4 is 23.2 Å². The molecule has 1 atom stereocenters. The van der Waals surface area contributed by atoms with E-state index in [1.54, 1.807) is 6.92 Å². The molecule has 1 N–H and O–H groups in total. The van der Waals surface area contributed by atoms with Crippen LogP contribution in [0.25, 0.3) is 0 Å². The van der Waals surface area contributed by atoms with Gasteiger partial charge in [-0.05, 0) is 13.3 Å². The number of carboxylic acids is 1. The van der Waals surface area contributed by atoms with Crippen LogP contribution in [0.3, 0.4) is 0 Å². The van der Waals surface area contributed by atoms with Gasteiger partial charge in [0.05, 0.1) is 17.0 Å². The Morgan fingerprint density at radius 2 is 2.27 bits per heavy atom. The van der Waals surface area contributed by atoms with Gasteiger partial charge in [0.1, 0.15) is 0 Å². The van der Waals surface area contributed by atoms with Crippen molar-refractivity contribution in [1.82, 2.24) is 5.32 Å². The van der Waals surface area contributed by atoms with Gasteiger partial charge in [-0.3, -0.25) is 0 Å². The lowest BCUT2D eigenvalue weighted by Gasteiger charge is -2.18. The molecule has 0 amide bonds. The van der Waals surface area contributed by atoms with Gasteiger partial charge in [0.2, 0.25) is 0 Å². The van der Waals surface area contributed by atoms with Crippen LogP contribution < -0.4 is 10.4 Å². The molecule has 0 fully saturated rings. The summed E-state index contributed by atoms with van der Waals surface area (Å²) in [5.74, 6) is -1.09. The Kier molecular flexibility index (Phi) is 4.77. The molecule has 0 radical (unpaired) electrons. The summed E-state index contributed by atoms with van der Waals surface area (Å²) >= 11 is 4.70. The fourth-order valence-corrected chi connectivity index (χ4v) is 0.925. The molecule has 0 rings (SSSR count). The fourth-order valence-electron chi connectivity index (χ4n) is 0.783. The third-order valence-electron chi connectivity index (χ3n) is 1.24. The maximum absolute atomic E-state index is 10.4. The number of rotatable bonds is 4. The molecule has 0 heterocycles. The highest BCUT2D eigenvalue weighted by molar-refractivity contribution is 7.80. The second-order valence-corrected chi connectivity index (χ2v) is 2.97. The molecule has 3 nitrogen and oxygen atoms in total. The van der Waals surface area contributed by atoms with Crippen LogP contribution in [0.4, 0.5) is 0 Å². The quantitative estimate of drug-likeness (QED) is 0.602. The first-order chi connectivity index (χ1) is 5.07. The van der Waals surface area contributed by atoms with Crippen molar-refractivity contribution in [2.75, 3.05) is 0 Å². The van der Waals surface area contributed by atoms with Crippen molar-refractivity contribution in [2.45, 2.75) is 32.7 Å².